The van der Waals surface area contributed by atoms with Crippen LogP contribution in [0.1, 0.15) is 18.2 Å². The first-order chi connectivity index (χ1) is 9.24. The van der Waals surface area contributed by atoms with Crippen LogP contribution in [0.2, 0.25) is 0 Å². The lowest BCUT2D eigenvalue weighted by atomic mass is 10.0. The molecule has 2 aromatic carbocycles. The van der Waals surface area contributed by atoms with Crippen LogP contribution >= 0.6 is 15.9 Å². The maximum atomic E-state index is 5.86. The summed E-state index contributed by atoms with van der Waals surface area (Å²) in [5, 5.41) is 3.55. The molecule has 1 nitrogen and oxygen atoms in total. The van der Waals surface area contributed by atoms with Gasteiger partial charge in [-0.05, 0) is 42.0 Å². The Balaban J connectivity index is 2.52. The van der Waals surface area contributed by atoms with Crippen LogP contribution in [0.4, 0.5) is 0 Å². The zero-order chi connectivity index (χ0) is 13.4. The highest BCUT2D eigenvalue weighted by molar-refractivity contribution is 9.10. The van der Waals surface area contributed by atoms with Crippen molar-refractivity contribution >= 4 is 49.8 Å². The van der Waals surface area contributed by atoms with Crippen LogP contribution in [0, 0.1) is 0 Å². The van der Waals surface area contributed by atoms with E-state index in [1.54, 1.807) is 6.08 Å². The highest BCUT2D eigenvalue weighted by atomic mass is 79.9. The van der Waals surface area contributed by atoms with Crippen molar-refractivity contribution in [1.29, 1.82) is 0 Å². The second-order valence-corrected chi connectivity index (χ2v) is 5.30. The third-order valence-electron chi connectivity index (χ3n) is 3.22. The Hall–Kier alpha value is -1.80. The number of allylic oxidation sites excluding steroid dienone is 1. The van der Waals surface area contributed by atoms with Crippen LogP contribution in [0.3, 0.4) is 0 Å². The van der Waals surface area contributed by atoms with Crippen molar-refractivity contribution < 1.29 is 4.42 Å². The van der Waals surface area contributed by atoms with E-state index in [1.807, 2.05) is 19.1 Å². The number of rotatable bonds is 2. The summed E-state index contributed by atoms with van der Waals surface area (Å²) in [6.45, 7) is 5.84. The summed E-state index contributed by atoms with van der Waals surface area (Å²) in [4.78, 5) is 0. The first kappa shape index (κ1) is 12.2. The molecule has 94 valence electrons. The molecule has 0 N–H and O–H groups in total. The summed E-state index contributed by atoms with van der Waals surface area (Å²) >= 11 is 3.51. The van der Waals surface area contributed by atoms with Gasteiger partial charge < -0.3 is 4.42 Å². The molecule has 3 rings (SSSR count). The maximum absolute atomic E-state index is 5.86. The van der Waals surface area contributed by atoms with Crippen molar-refractivity contribution in [2.45, 2.75) is 6.92 Å². The molecular formula is C17H13BrO. The van der Waals surface area contributed by atoms with Crippen molar-refractivity contribution in [3.8, 4) is 0 Å². The fraction of sp³-hybridized carbons (Fsp3) is 0.0588. The monoisotopic (exact) mass is 312 g/mol. The van der Waals surface area contributed by atoms with Gasteiger partial charge >= 0.3 is 0 Å². The first-order valence-corrected chi connectivity index (χ1v) is 6.94. The molecule has 0 bridgehead atoms. The van der Waals surface area contributed by atoms with Crippen molar-refractivity contribution in [2.75, 3.05) is 0 Å². The standard InChI is InChI=1S/C17H13BrO/c1-3-5-14-15(4-2)19-16-9-6-11-10-12(18)7-8-13(11)17(14)16/h3-10H,2H2,1H3/b5-3-. The predicted molar refractivity (Wildman–Crippen MR) is 86.2 cm³/mol. The van der Waals surface area contributed by atoms with Crippen molar-refractivity contribution in [3.63, 3.8) is 0 Å². The van der Waals surface area contributed by atoms with Gasteiger partial charge in [-0.25, -0.2) is 0 Å². The van der Waals surface area contributed by atoms with Gasteiger partial charge in [-0.3, -0.25) is 0 Å². The summed E-state index contributed by atoms with van der Waals surface area (Å²) in [6.07, 6.45) is 5.86. The lowest BCUT2D eigenvalue weighted by Gasteiger charge is -2.01. The summed E-state index contributed by atoms with van der Waals surface area (Å²) in [5.41, 5.74) is 2.00. The predicted octanol–water partition coefficient (Wildman–Crippen LogP) is 6.02. The van der Waals surface area contributed by atoms with Crippen LogP contribution in [0.5, 0.6) is 0 Å². The van der Waals surface area contributed by atoms with E-state index in [4.69, 9.17) is 4.42 Å². The lowest BCUT2D eigenvalue weighted by Crippen LogP contribution is -1.77. The zero-order valence-corrected chi connectivity index (χ0v) is 12.2. The molecule has 0 radical (unpaired) electrons. The third kappa shape index (κ3) is 1.92. The third-order valence-corrected chi connectivity index (χ3v) is 3.71. The summed E-state index contributed by atoms with van der Waals surface area (Å²) in [5.74, 6) is 0.823. The molecule has 0 aliphatic heterocycles. The molecule has 0 unspecified atom stereocenters. The average molecular weight is 313 g/mol. The molecule has 0 atom stereocenters. The fourth-order valence-electron chi connectivity index (χ4n) is 2.42. The molecule has 0 aliphatic rings. The normalized spacial score (nSPS) is 11.7. The van der Waals surface area contributed by atoms with E-state index in [9.17, 15) is 0 Å². The second kappa shape index (κ2) is 4.71. The molecular weight excluding hydrogens is 300 g/mol. The van der Waals surface area contributed by atoms with Gasteiger partial charge in [-0.1, -0.05) is 46.8 Å². The van der Waals surface area contributed by atoms with Gasteiger partial charge in [-0.2, -0.15) is 0 Å². The van der Waals surface area contributed by atoms with Crippen molar-refractivity contribution in [2.24, 2.45) is 0 Å². The number of benzene rings is 2. The van der Waals surface area contributed by atoms with Crippen molar-refractivity contribution in [1.82, 2.24) is 0 Å². The minimum atomic E-state index is 0.823. The lowest BCUT2D eigenvalue weighted by molar-refractivity contribution is 0.603. The van der Waals surface area contributed by atoms with E-state index in [1.165, 1.54) is 10.8 Å². The second-order valence-electron chi connectivity index (χ2n) is 4.39. The molecule has 0 spiro atoms. The van der Waals surface area contributed by atoms with Crippen LogP contribution < -0.4 is 0 Å². The average Bonchev–Trinajstić information content (AvgIpc) is 2.77. The van der Waals surface area contributed by atoms with E-state index in [0.29, 0.717) is 0 Å². The smallest absolute Gasteiger partial charge is 0.136 e. The summed E-state index contributed by atoms with van der Waals surface area (Å²) in [6, 6.07) is 10.4. The molecule has 0 saturated heterocycles. The van der Waals surface area contributed by atoms with Gasteiger partial charge in [0.1, 0.15) is 11.3 Å². The Morgan fingerprint density at radius 3 is 2.79 bits per heavy atom. The molecule has 0 amide bonds. The summed E-state index contributed by atoms with van der Waals surface area (Å²) in [7, 11) is 0. The van der Waals surface area contributed by atoms with Crippen LogP contribution in [0.25, 0.3) is 33.9 Å². The first-order valence-electron chi connectivity index (χ1n) is 6.14. The van der Waals surface area contributed by atoms with Gasteiger partial charge in [0.25, 0.3) is 0 Å². The summed E-state index contributed by atoms with van der Waals surface area (Å²) < 4.78 is 6.94. The molecule has 2 heteroatoms. The van der Waals surface area contributed by atoms with Gasteiger partial charge in [0.15, 0.2) is 0 Å². The Labute approximate surface area is 120 Å². The number of fused-ring (bicyclic) bond motifs is 3. The van der Waals surface area contributed by atoms with Gasteiger partial charge in [0, 0.05) is 15.4 Å². The molecule has 3 aromatic rings. The Morgan fingerprint density at radius 1 is 1.21 bits per heavy atom. The van der Waals surface area contributed by atoms with E-state index >= 15 is 0 Å². The van der Waals surface area contributed by atoms with E-state index < -0.39 is 0 Å². The number of hydrogen-bond donors (Lipinski definition) is 0. The Morgan fingerprint density at radius 2 is 2.05 bits per heavy atom. The van der Waals surface area contributed by atoms with Crippen molar-refractivity contribution in [3.05, 3.63) is 58.8 Å². The van der Waals surface area contributed by atoms with Gasteiger partial charge in [-0.15, -0.1) is 0 Å². The van der Waals surface area contributed by atoms with Gasteiger partial charge in [0.05, 0.1) is 0 Å². The maximum Gasteiger partial charge on any atom is 0.136 e. The zero-order valence-electron chi connectivity index (χ0n) is 10.6. The molecule has 0 saturated carbocycles. The number of hydrogen-bond acceptors (Lipinski definition) is 1. The molecule has 19 heavy (non-hydrogen) atoms. The van der Waals surface area contributed by atoms with E-state index in [-0.39, 0.29) is 0 Å². The highest BCUT2D eigenvalue weighted by Gasteiger charge is 2.12. The van der Waals surface area contributed by atoms with Gasteiger partial charge in [0.2, 0.25) is 0 Å². The van der Waals surface area contributed by atoms with Crippen LogP contribution in [-0.2, 0) is 0 Å². The topological polar surface area (TPSA) is 13.1 Å². The molecule has 1 aromatic heterocycles. The molecule has 1 heterocycles. The Bertz CT molecular complexity index is 809. The number of furan rings is 1. The minimum absolute atomic E-state index is 0.823. The van der Waals surface area contributed by atoms with Crippen LogP contribution in [0.15, 0.2) is 51.9 Å². The minimum Gasteiger partial charge on any atom is -0.456 e. The van der Waals surface area contributed by atoms with E-state index in [0.717, 1.165) is 26.8 Å². The van der Waals surface area contributed by atoms with Crippen LogP contribution in [-0.4, -0.2) is 0 Å². The fourth-order valence-corrected chi connectivity index (χ4v) is 2.80. The quantitative estimate of drug-likeness (QED) is 0.563. The molecule has 0 aliphatic carbocycles. The molecule has 0 fully saturated rings. The largest absolute Gasteiger partial charge is 0.456 e. The SMILES string of the molecule is C=Cc1oc2ccc3cc(Br)ccc3c2c1/C=C\C. The number of halogens is 1. The highest BCUT2D eigenvalue weighted by Crippen LogP contribution is 2.35. The van der Waals surface area contributed by atoms with E-state index in [2.05, 4.69) is 52.9 Å². The Kier molecular flexibility index (Phi) is 3.03.